The zero-order valence-electron chi connectivity index (χ0n) is 17.8. The van der Waals surface area contributed by atoms with E-state index in [4.69, 9.17) is 0 Å². The number of likely N-dealkylation sites (N-methyl/N-ethyl adjacent to an activating group) is 1. The van der Waals surface area contributed by atoms with Crippen LogP contribution < -0.4 is 10.6 Å². The minimum atomic E-state index is -0.133. The molecule has 3 rings (SSSR count). The van der Waals surface area contributed by atoms with Gasteiger partial charge in [-0.05, 0) is 36.9 Å². The molecule has 0 atom stereocenters. The molecule has 1 heterocycles. The number of piperazine rings is 1. The number of hydrogen-bond acceptors (Lipinski definition) is 4. The number of carbonyl (C=O) groups excluding carboxylic acids is 2. The van der Waals surface area contributed by atoms with Gasteiger partial charge in [0.2, 0.25) is 11.8 Å². The molecule has 6 nitrogen and oxygen atoms in total. The normalized spacial score (nSPS) is 19.1. The molecule has 2 fully saturated rings. The number of nitrogens with one attached hydrogen (secondary N) is 2. The Morgan fingerprint density at radius 1 is 0.966 bits per heavy atom. The molecule has 0 unspecified atom stereocenters. The van der Waals surface area contributed by atoms with Gasteiger partial charge in [-0.1, -0.05) is 43.5 Å². The third kappa shape index (κ3) is 7.78. The number of carbonyl (C=O) groups is 2. The fourth-order valence-corrected chi connectivity index (χ4v) is 4.27. The molecule has 6 heteroatoms. The molecule has 1 aromatic rings. The van der Waals surface area contributed by atoms with E-state index < -0.39 is 0 Å². The summed E-state index contributed by atoms with van der Waals surface area (Å²) in [4.78, 5) is 29.0. The zero-order valence-corrected chi connectivity index (χ0v) is 17.8. The Hall–Kier alpha value is -1.92. The van der Waals surface area contributed by atoms with Gasteiger partial charge in [0, 0.05) is 45.7 Å². The van der Waals surface area contributed by atoms with E-state index >= 15 is 0 Å². The molecule has 0 spiro atoms. The number of rotatable bonds is 8. The molecule has 0 bridgehead atoms. The number of hydrogen-bond donors (Lipinski definition) is 2. The van der Waals surface area contributed by atoms with Crippen LogP contribution in [0.15, 0.2) is 24.3 Å². The highest BCUT2D eigenvalue weighted by Crippen LogP contribution is 2.25. The molecule has 1 aliphatic carbocycles. The van der Waals surface area contributed by atoms with Crippen molar-refractivity contribution in [2.75, 3.05) is 39.8 Å². The van der Waals surface area contributed by atoms with Gasteiger partial charge in [-0.2, -0.15) is 0 Å². The van der Waals surface area contributed by atoms with Crippen LogP contribution in [0.2, 0.25) is 0 Å². The third-order valence-electron chi connectivity index (χ3n) is 6.13. The zero-order chi connectivity index (χ0) is 20.5. The summed E-state index contributed by atoms with van der Waals surface area (Å²) >= 11 is 0. The number of amides is 2. The molecule has 1 saturated carbocycles. The third-order valence-corrected chi connectivity index (χ3v) is 6.13. The highest BCUT2D eigenvalue weighted by molar-refractivity contribution is 5.84. The first-order valence-corrected chi connectivity index (χ1v) is 11.1. The van der Waals surface area contributed by atoms with Crippen LogP contribution in [-0.4, -0.2) is 61.4 Å². The SMILES string of the molecule is CN1CCN(Cc2cccc(CNC(=O)CNC(=O)CC3CCCCC3)c2)CC1. The predicted molar refractivity (Wildman–Crippen MR) is 115 cm³/mol. The average molecular weight is 401 g/mol. The molecule has 0 radical (unpaired) electrons. The number of benzene rings is 1. The van der Waals surface area contributed by atoms with Crippen molar-refractivity contribution in [1.82, 2.24) is 20.4 Å². The van der Waals surface area contributed by atoms with E-state index in [1.165, 1.54) is 24.8 Å². The highest BCUT2D eigenvalue weighted by atomic mass is 16.2. The lowest BCUT2D eigenvalue weighted by molar-refractivity contribution is -0.126. The smallest absolute Gasteiger partial charge is 0.239 e. The molecule has 1 aromatic carbocycles. The topological polar surface area (TPSA) is 64.7 Å². The Balaban J connectivity index is 1.35. The van der Waals surface area contributed by atoms with Crippen molar-refractivity contribution in [1.29, 1.82) is 0 Å². The maximum atomic E-state index is 12.1. The monoisotopic (exact) mass is 400 g/mol. The Kier molecular flexibility index (Phi) is 8.50. The Morgan fingerprint density at radius 2 is 1.69 bits per heavy atom. The summed E-state index contributed by atoms with van der Waals surface area (Å²) in [6, 6.07) is 8.41. The molecular formula is C23H36N4O2. The Morgan fingerprint density at radius 3 is 2.45 bits per heavy atom. The van der Waals surface area contributed by atoms with Gasteiger partial charge in [0.15, 0.2) is 0 Å². The van der Waals surface area contributed by atoms with E-state index in [0.717, 1.165) is 51.1 Å². The Bertz CT molecular complexity index is 665. The minimum absolute atomic E-state index is 0.00113. The van der Waals surface area contributed by atoms with Gasteiger partial charge in [-0.3, -0.25) is 14.5 Å². The molecular weight excluding hydrogens is 364 g/mol. The quantitative estimate of drug-likeness (QED) is 0.702. The lowest BCUT2D eigenvalue weighted by atomic mass is 9.87. The average Bonchev–Trinajstić information content (AvgIpc) is 2.73. The van der Waals surface area contributed by atoms with Crippen LogP contribution in [0.4, 0.5) is 0 Å². The maximum absolute atomic E-state index is 12.1. The van der Waals surface area contributed by atoms with E-state index in [9.17, 15) is 9.59 Å². The summed E-state index contributed by atoms with van der Waals surface area (Å²) in [6.45, 7) is 5.92. The lowest BCUT2D eigenvalue weighted by Gasteiger charge is -2.32. The van der Waals surface area contributed by atoms with Crippen molar-refractivity contribution in [2.24, 2.45) is 5.92 Å². The van der Waals surface area contributed by atoms with Gasteiger partial charge in [0.25, 0.3) is 0 Å². The fraction of sp³-hybridized carbons (Fsp3) is 0.652. The van der Waals surface area contributed by atoms with Crippen LogP contribution in [0.25, 0.3) is 0 Å². The van der Waals surface area contributed by atoms with Crippen molar-refractivity contribution in [3.8, 4) is 0 Å². The van der Waals surface area contributed by atoms with E-state index in [2.05, 4.69) is 45.7 Å². The highest BCUT2D eigenvalue weighted by Gasteiger charge is 2.17. The van der Waals surface area contributed by atoms with Crippen molar-refractivity contribution >= 4 is 11.8 Å². The van der Waals surface area contributed by atoms with Crippen molar-refractivity contribution in [2.45, 2.75) is 51.6 Å². The number of nitrogens with zero attached hydrogens (tertiary/aromatic N) is 2. The van der Waals surface area contributed by atoms with E-state index in [-0.39, 0.29) is 18.4 Å². The van der Waals surface area contributed by atoms with Gasteiger partial charge in [0.1, 0.15) is 0 Å². The second-order valence-corrected chi connectivity index (χ2v) is 8.66. The van der Waals surface area contributed by atoms with Gasteiger partial charge in [-0.25, -0.2) is 0 Å². The Labute approximate surface area is 175 Å². The van der Waals surface area contributed by atoms with Crippen LogP contribution in [0.1, 0.15) is 49.7 Å². The van der Waals surface area contributed by atoms with Crippen LogP contribution in [0.3, 0.4) is 0 Å². The maximum Gasteiger partial charge on any atom is 0.239 e. The molecule has 0 aromatic heterocycles. The standard InChI is InChI=1S/C23H36N4O2/c1-26-10-12-27(13-11-26)18-21-9-5-8-20(14-21)16-24-23(29)17-25-22(28)15-19-6-3-2-4-7-19/h5,8-9,14,19H,2-4,6-7,10-13,15-18H2,1H3,(H,24,29)(H,25,28). The van der Waals surface area contributed by atoms with Crippen LogP contribution in [-0.2, 0) is 22.7 Å². The van der Waals surface area contributed by atoms with Crippen molar-refractivity contribution < 1.29 is 9.59 Å². The molecule has 160 valence electrons. The first-order chi connectivity index (χ1) is 14.1. The van der Waals surface area contributed by atoms with Crippen LogP contribution in [0.5, 0.6) is 0 Å². The summed E-state index contributed by atoms with van der Waals surface area (Å²) in [7, 11) is 2.17. The lowest BCUT2D eigenvalue weighted by Crippen LogP contribution is -2.43. The van der Waals surface area contributed by atoms with Gasteiger partial charge in [-0.15, -0.1) is 0 Å². The van der Waals surface area contributed by atoms with Gasteiger partial charge in [0.05, 0.1) is 6.54 Å². The van der Waals surface area contributed by atoms with E-state index in [1.54, 1.807) is 0 Å². The fourth-order valence-electron chi connectivity index (χ4n) is 4.27. The van der Waals surface area contributed by atoms with E-state index in [0.29, 0.717) is 18.9 Å². The van der Waals surface area contributed by atoms with Gasteiger partial charge >= 0.3 is 0 Å². The summed E-state index contributed by atoms with van der Waals surface area (Å²) in [5.74, 6) is 0.363. The molecule has 2 N–H and O–H groups in total. The van der Waals surface area contributed by atoms with Crippen molar-refractivity contribution in [3.05, 3.63) is 35.4 Å². The summed E-state index contributed by atoms with van der Waals surface area (Å²) in [5, 5.41) is 5.69. The predicted octanol–water partition coefficient (Wildman–Crippen LogP) is 2.14. The summed E-state index contributed by atoms with van der Waals surface area (Å²) < 4.78 is 0. The molecule has 2 aliphatic rings. The molecule has 1 saturated heterocycles. The van der Waals surface area contributed by atoms with Crippen LogP contribution in [0, 0.1) is 5.92 Å². The largest absolute Gasteiger partial charge is 0.350 e. The molecule has 2 amide bonds. The van der Waals surface area contributed by atoms with E-state index in [1.807, 2.05) is 6.07 Å². The first kappa shape index (κ1) is 21.8. The second kappa shape index (κ2) is 11.3. The minimum Gasteiger partial charge on any atom is -0.350 e. The summed E-state index contributed by atoms with van der Waals surface area (Å²) in [6.07, 6.45) is 6.59. The van der Waals surface area contributed by atoms with Crippen LogP contribution >= 0.6 is 0 Å². The second-order valence-electron chi connectivity index (χ2n) is 8.66. The van der Waals surface area contributed by atoms with Crippen molar-refractivity contribution in [3.63, 3.8) is 0 Å². The van der Waals surface area contributed by atoms with Gasteiger partial charge < -0.3 is 15.5 Å². The first-order valence-electron chi connectivity index (χ1n) is 11.1. The summed E-state index contributed by atoms with van der Waals surface area (Å²) in [5.41, 5.74) is 2.38. The molecule has 29 heavy (non-hydrogen) atoms. The molecule has 1 aliphatic heterocycles.